The molecule has 5 heteroatoms. The zero-order valence-corrected chi connectivity index (χ0v) is 13.3. The normalized spacial score (nSPS) is 25.8. The molecule has 2 rings (SSSR count). The average Bonchev–Trinajstić information content (AvgIpc) is 2.96. The van der Waals surface area contributed by atoms with Gasteiger partial charge in [-0.25, -0.2) is 4.98 Å². The number of thioether (sulfide) groups is 1. The molecule has 1 aliphatic rings. The number of nitrogens with zero attached hydrogens (tertiary/aromatic N) is 2. The fourth-order valence-corrected chi connectivity index (χ4v) is 3.96. The van der Waals surface area contributed by atoms with Gasteiger partial charge in [-0.3, -0.25) is 5.32 Å². The molecule has 1 aromatic heterocycles. The van der Waals surface area contributed by atoms with E-state index in [0.717, 1.165) is 54.7 Å². The highest BCUT2D eigenvalue weighted by atomic mass is 32.2. The molecule has 0 spiro atoms. The molecule has 0 aliphatic heterocycles. The predicted octanol–water partition coefficient (Wildman–Crippen LogP) is 3.45. The van der Waals surface area contributed by atoms with E-state index in [9.17, 15) is 5.26 Å². The van der Waals surface area contributed by atoms with E-state index in [0.29, 0.717) is 5.92 Å². The largest absolute Gasteiger partial charge is 0.437 e. The lowest BCUT2D eigenvalue weighted by molar-refractivity contribution is 0.316. The summed E-state index contributed by atoms with van der Waals surface area (Å²) in [5, 5.41) is 13.7. The topological polar surface area (TPSA) is 61.9 Å². The van der Waals surface area contributed by atoms with Crippen molar-refractivity contribution in [3.05, 3.63) is 11.5 Å². The molecule has 1 N–H and O–H groups in total. The van der Waals surface area contributed by atoms with Gasteiger partial charge >= 0.3 is 0 Å². The minimum absolute atomic E-state index is 0.308. The number of hydrogen-bond donors (Lipinski definition) is 1. The van der Waals surface area contributed by atoms with E-state index in [1.807, 2.05) is 13.8 Å². The Morgan fingerprint density at radius 2 is 2.35 bits per heavy atom. The summed E-state index contributed by atoms with van der Waals surface area (Å²) in [5.74, 6) is 2.29. The van der Waals surface area contributed by atoms with Crippen LogP contribution in [0.2, 0.25) is 0 Å². The van der Waals surface area contributed by atoms with E-state index in [1.165, 1.54) is 0 Å². The molecule has 0 saturated heterocycles. The molecule has 1 aromatic rings. The fraction of sp³-hybridized carbons (Fsp3) is 0.733. The Kier molecular flexibility index (Phi) is 5.11. The quantitative estimate of drug-likeness (QED) is 0.814. The standard InChI is InChI=1S/C15H23N3OS/c1-4-17-15(10-16)8-5-6-13(15)7-9-20-14-18-11(2)12(3)19-14/h13,17H,4-9H2,1-3H3. The van der Waals surface area contributed by atoms with Crippen LogP contribution in [0.25, 0.3) is 0 Å². The van der Waals surface area contributed by atoms with Crippen LogP contribution in [-0.2, 0) is 0 Å². The number of oxazole rings is 1. The van der Waals surface area contributed by atoms with Crippen molar-refractivity contribution in [1.82, 2.24) is 10.3 Å². The van der Waals surface area contributed by atoms with Gasteiger partial charge in [-0.15, -0.1) is 0 Å². The number of hydrogen-bond acceptors (Lipinski definition) is 5. The van der Waals surface area contributed by atoms with Crippen LogP contribution in [0, 0.1) is 31.1 Å². The van der Waals surface area contributed by atoms with Gasteiger partial charge in [0.2, 0.25) is 0 Å². The molecule has 110 valence electrons. The highest BCUT2D eigenvalue weighted by Gasteiger charge is 2.42. The third kappa shape index (κ3) is 3.18. The van der Waals surface area contributed by atoms with Crippen molar-refractivity contribution < 1.29 is 4.42 Å². The molecule has 1 saturated carbocycles. The van der Waals surface area contributed by atoms with E-state index >= 15 is 0 Å². The van der Waals surface area contributed by atoms with Crippen LogP contribution in [0.4, 0.5) is 0 Å². The van der Waals surface area contributed by atoms with Crippen molar-refractivity contribution >= 4 is 11.8 Å². The maximum atomic E-state index is 9.52. The molecular formula is C15H23N3OS. The zero-order valence-electron chi connectivity index (χ0n) is 12.5. The molecule has 0 amide bonds. The molecule has 2 atom stereocenters. The first kappa shape index (κ1) is 15.4. The molecule has 0 aromatic carbocycles. The van der Waals surface area contributed by atoms with Crippen molar-refractivity contribution in [1.29, 1.82) is 5.26 Å². The monoisotopic (exact) mass is 293 g/mol. The fourth-order valence-electron chi connectivity index (χ4n) is 3.00. The lowest BCUT2D eigenvalue weighted by Gasteiger charge is -2.29. The van der Waals surface area contributed by atoms with Crippen molar-refractivity contribution in [3.8, 4) is 6.07 Å². The third-order valence-electron chi connectivity index (χ3n) is 4.21. The molecule has 4 nitrogen and oxygen atoms in total. The van der Waals surface area contributed by atoms with Crippen LogP contribution in [0.1, 0.15) is 44.1 Å². The summed E-state index contributed by atoms with van der Waals surface area (Å²) in [4.78, 5) is 4.38. The van der Waals surface area contributed by atoms with Crippen LogP contribution < -0.4 is 5.32 Å². The second kappa shape index (κ2) is 6.64. The van der Waals surface area contributed by atoms with Gasteiger partial charge in [0.15, 0.2) is 0 Å². The van der Waals surface area contributed by atoms with E-state index in [-0.39, 0.29) is 5.54 Å². The number of rotatable bonds is 6. The van der Waals surface area contributed by atoms with Gasteiger partial charge < -0.3 is 4.42 Å². The minimum atomic E-state index is -0.308. The van der Waals surface area contributed by atoms with Crippen molar-refractivity contribution in [2.24, 2.45) is 5.92 Å². The Morgan fingerprint density at radius 1 is 1.55 bits per heavy atom. The molecule has 1 fully saturated rings. The smallest absolute Gasteiger partial charge is 0.256 e. The number of aromatic nitrogens is 1. The summed E-state index contributed by atoms with van der Waals surface area (Å²) in [6.07, 6.45) is 4.30. The van der Waals surface area contributed by atoms with Gasteiger partial charge in [0, 0.05) is 5.75 Å². The van der Waals surface area contributed by atoms with E-state index < -0.39 is 0 Å². The highest BCUT2D eigenvalue weighted by molar-refractivity contribution is 7.99. The second-order valence-electron chi connectivity index (χ2n) is 5.46. The Bertz CT molecular complexity index is 474. The summed E-state index contributed by atoms with van der Waals surface area (Å²) < 4.78 is 5.58. The third-order valence-corrected chi connectivity index (χ3v) is 5.07. The predicted molar refractivity (Wildman–Crippen MR) is 80.7 cm³/mol. The Labute approximate surface area is 125 Å². The van der Waals surface area contributed by atoms with Gasteiger partial charge in [0.05, 0.1) is 11.8 Å². The van der Waals surface area contributed by atoms with E-state index in [4.69, 9.17) is 4.42 Å². The van der Waals surface area contributed by atoms with Gasteiger partial charge in [0.1, 0.15) is 11.3 Å². The Hall–Kier alpha value is -0.990. The van der Waals surface area contributed by atoms with Gasteiger partial charge in [0.25, 0.3) is 5.22 Å². The molecular weight excluding hydrogens is 270 g/mol. The Balaban J connectivity index is 1.88. The molecule has 0 radical (unpaired) electrons. The molecule has 1 heterocycles. The summed E-state index contributed by atoms with van der Waals surface area (Å²) in [7, 11) is 0. The average molecular weight is 293 g/mol. The lowest BCUT2D eigenvalue weighted by atomic mass is 9.86. The van der Waals surface area contributed by atoms with Crippen LogP contribution >= 0.6 is 11.8 Å². The number of nitriles is 1. The van der Waals surface area contributed by atoms with Gasteiger partial charge in [-0.1, -0.05) is 25.1 Å². The number of nitrogens with one attached hydrogen (secondary N) is 1. The summed E-state index contributed by atoms with van der Waals surface area (Å²) in [6, 6.07) is 2.53. The number of aryl methyl sites for hydroxylation is 2. The summed E-state index contributed by atoms with van der Waals surface area (Å²) in [5.41, 5.74) is 0.657. The van der Waals surface area contributed by atoms with Gasteiger partial charge in [-0.2, -0.15) is 5.26 Å². The minimum Gasteiger partial charge on any atom is -0.437 e. The highest BCUT2D eigenvalue weighted by Crippen LogP contribution is 2.38. The Morgan fingerprint density at radius 3 is 2.95 bits per heavy atom. The second-order valence-corrected chi connectivity index (χ2v) is 6.51. The van der Waals surface area contributed by atoms with Crippen LogP contribution in [0.15, 0.2) is 9.64 Å². The lowest BCUT2D eigenvalue weighted by Crippen LogP contribution is -2.47. The molecule has 1 aliphatic carbocycles. The first-order chi connectivity index (χ1) is 9.61. The van der Waals surface area contributed by atoms with E-state index in [2.05, 4.69) is 23.3 Å². The van der Waals surface area contributed by atoms with Crippen molar-refractivity contribution in [2.75, 3.05) is 12.3 Å². The van der Waals surface area contributed by atoms with Crippen LogP contribution in [0.3, 0.4) is 0 Å². The zero-order chi connectivity index (χ0) is 14.6. The summed E-state index contributed by atoms with van der Waals surface area (Å²) >= 11 is 1.66. The first-order valence-corrected chi connectivity index (χ1v) is 8.33. The molecule has 20 heavy (non-hydrogen) atoms. The molecule has 0 bridgehead atoms. The van der Waals surface area contributed by atoms with Gasteiger partial charge in [-0.05, 0) is 45.6 Å². The summed E-state index contributed by atoms with van der Waals surface area (Å²) in [6.45, 7) is 6.83. The maximum Gasteiger partial charge on any atom is 0.256 e. The molecule has 2 unspecified atom stereocenters. The SMILES string of the molecule is CCNC1(C#N)CCCC1CCSc1nc(C)c(C)o1. The van der Waals surface area contributed by atoms with Crippen molar-refractivity contribution in [2.45, 2.75) is 57.2 Å². The van der Waals surface area contributed by atoms with Crippen LogP contribution in [-0.4, -0.2) is 22.8 Å². The van der Waals surface area contributed by atoms with E-state index in [1.54, 1.807) is 11.8 Å². The first-order valence-electron chi connectivity index (χ1n) is 7.34. The maximum absolute atomic E-state index is 9.52. The van der Waals surface area contributed by atoms with Crippen molar-refractivity contribution in [3.63, 3.8) is 0 Å². The van der Waals surface area contributed by atoms with Crippen LogP contribution in [0.5, 0.6) is 0 Å².